The van der Waals surface area contributed by atoms with E-state index >= 15 is 0 Å². The largest absolute Gasteiger partial charge is 0.508 e. The maximum Gasteiger partial charge on any atom is 0.222 e. The van der Waals surface area contributed by atoms with Crippen molar-refractivity contribution in [2.45, 2.75) is 12.3 Å². The molecule has 0 saturated heterocycles. The quantitative estimate of drug-likeness (QED) is 0.517. The van der Waals surface area contributed by atoms with E-state index in [0.29, 0.717) is 24.6 Å². The predicted molar refractivity (Wildman–Crippen MR) is 109 cm³/mol. The van der Waals surface area contributed by atoms with Gasteiger partial charge in [-0.15, -0.1) is 11.3 Å². The topological polar surface area (TPSA) is 94.7 Å². The van der Waals surface area contributed by atoms with Crippen molar-refractivity contribution in [1.82, 2.24) is 15.0 Å². The van der Waals surface area contributed by atoms with E-state index in [0.717, 1.165) is 20.8 Å². The maximum absolute atomic E-state index is 9.84. The van der Waals surface area contributed by atoms with E-state index in [1.165, 1.54) is 11.3 Å². The first kappa shape index (κ1) is 17.9. The highest BCUT2D eigenvalue weighted by Gasteiger charge is 2.20. The molecule has 0 amide bonds. The summed E-state index contributed by atoms with van der Waals surface area (Å²) in [5.41, 5.74) is 2.36. The van der Waals surface area contributed by atoms with Gasteiger partial charge in [0.15, 0.2) is 0 Å². The van der Waals surface area contributed by atoms with Crippen LogP contribution in [-0.2, 0) is 6.42 Å². The Kier molecular flexibility index (Phi) is 5.13. The zero-order valence-electron chi connectivity index (χ0n) is 14.9. The smallest absolute Gasteiger partial charge is 0.222 e. The van der Waals surface area contributed by atoms with Crippen LogP contribution in [0.4, 0.5) is 5.95 Å². The molecular weight excluding hydrogens is 370 g/mol. The number of fused-ring (bicyclic) bond motifs is 1. The minimum Gasteiger partial charge on any atom is -0.508 e. The number of nitriles is 1. The van der Waals surface area contributed by atoms with Crippen LogP contribution in [0.2, 0.25) is 0 Å². The third-order valence-corrected chi connectivity index (χ3v) is 5.43. The fraction of sp³-hybridized carbons (Fsp3) is 0.143. The van der Waals surface area contributed by atoms with E-state index < -0.39 is 5.92 Å². The lowest BCUT2D eigenvalue weighted by Gasteiger charge is -2.09. The third kappa shape index (κ3) is 3.77. The number of nitrogens with one attached hydrogen (secondary N) is 1. The molecule has 4 rings (SSSR count). The summed E-state index contributed by atoms with van der Waals surface area (Å²) in [4.78, 5) is 13.3. The summed E-state index contributed by atoms with van der Waals surface area (Å²) in [5.74, 6) is 0.188. The van der Waals surface area contributed by atoms with Crippen molar-refractivity contribution >= 4 is 27.5 Å². The summed E-state index contributed by atoms with van der Waals surface area (Å²) >= 11 is 1.51. The molecule has 0 fully saturated rings. The van der Waals surface area contributed by atoms with Gasteiger partial charge in [-0.2, -0.15) is 5.26 Å². The number of benzene rings is 2. The molecule has 2 aromatic carbocycles. The summed E-state index contributed by atoms with van der Waals surface area (Å²) in [6, 6.07) is 19.1. The van der Waals surface area contributed by atoms with Gasteiger partial charge in [0.1, 0.15) is 16.7 Å². The minimum atomic E-state index is -0.542. The van der Waals surface area contributed by atoms with E-state index in [1.54, 1.807) is 24.4 Å². The summed E-state index contributed by atoms with van der Waals surface area (Å²) in [6.45, 7) is 0.569. The average Bonchev–Trinajstić information content (AvgIpc) is 3.14. The van der Waals surface area contributed by atoms with E-state index in [9.17, 15) is 10.4 Å². The van der Waals surface area contributed by atoms with Gasteiger partial charge in [0.25, 0.3) is 0 Å². The Bertz CT molecular complexity index is 1120. The number of anilines is 1. The van der Waals surface area contributed by atoms with Gasteiger partial charge in [-0.05, 0) is 36.2 Å². The van der Waals surface area contributed by atoms with Crippen LogP contribution >= 0.6 is 11.3 Å². The number of aromatic hydroxyl groups is 1. The first-order valence-corrected chi connectivity index (χ1v) is 9.65. The van der Waals surface area contributed by atoms with Crippen LogP contribution in [0.3, 0.4) is 0 Å². The Morgan fingerprint density at radius 2 is 1.89 bits per heavy atom. The van der Waals surface area contributed by atoms with Crippen molar-refractivity contribution in [3.63, 3.8) is 0 Å². The molecule has 0 aliphatic rings. The second-order valence-electron chi connectivity index (χ2n) is 6.19. The standard InChI is InChI=1S/C21H17N5OS/c22-13-15(20-25-17-6-2-4-8-19(17)28-20)16-10-12-24-21(26-16)23-11-9-14-5-1-3-7-18(14)27/h1-8,10,12,15,27H,9,11H2,(H,23,24,26). The number of para-hydroxylation sites is 2. The van der Waals surface area contributed by atoms with Gasteiger partial charge in [0, 0.05) is 12.7 Å². The lowest BCUT2D eigenvalue weighted by atomic mass is 10.1. The second kappa shape index (κ2) is 8.03. The number of thiazole rings is 1. The first-order valence-electron chi connectivity index (χ1n) is 8.83. The molecule has 28 heavy (non-hydrogen) atoms. The zero-order chi connectivity index (χ0) is 19.3. The molecule has 0 aliphatic heterocycles. The fourth-order valence-corrected chi connectivity index (χ4v) is 3.94. The Hall–Kier alpha value is -3.50. The maximum atomic E-state index is 9.84. The van der Waals surface area contributed by atoms with Crippen LogP contribution in [0.15, 0.2) is 60.8 Å². The number of hydrogen-bond acceptors (Lipinski definition) is 7. The summed E-state index contributed by atoms with van der Waals surface area (Å²) < 4.78 is 1.05. The predicted octanol–water partition coefficient (Wildman–Crippen LogP) is 4.10. The van der Waals surface area contributed by atoms with Crippen LogP contribution in [0.25, 0.3) is 10.2 Å². The normalized spacial score (nSPS) is 11.8. The van der Waals surface area contributed by atoms with Crippen LogP contribution < -0.4 is 5.32 Å². The molecule has 1 unspecified atom stereocenters. The third-order valence-electron chi connectivity index (χ3n) is 4.33. The van der Waals surface area contributed by atoms with Gasteiger partial charge < -0.3 is 10.4 Å². The minimum absolute atomic E-state index is 0.277. The van der Waals surface area contributed by atoms with Crippen molar-refractivity contribution in [3.8, 4) is 11.8 Å². The van der Waals surface area contributed by atoms with Gasteiger partial charge >= 0.3 is 0 Å². The Balaban J connectivity index is 1.50. The molecule has 2 N–H and O–H groups in total. The number of hydrogen-bond donors (Lipinski definition) is 2. The molecule has 0 saturated carbocycles. The van der Waals surface area contributed by atoms with E-state index in [4.69, 9.17) is 0 Å². The molecule has 1 atom stereocenters. The van der Waals surface area contributed by atoms with E-state index in [1.807, 2.05) is 36.4 Å². The van der Waals surface area contributed by atoms with Crippen molar-refractivity contribution in [1.29, 1.82) is 5.26 Å². The molecular formula is C21H17N5OS. The van der Waals surface area contributed by atoms with Crippen molar-refractivity contribution in [3.05, 3.63) is 77.1 Å². The molecule has 7 heteroatoms. The SMILES string of the molecule is N#CC(c1ccnc(NCCc2ccccc2O)n1)c1nc2ccccc2s1. The molecule has 0 aliphatic carbocycles. The molecule has 0 spiro atoms. The number of phenolic OH excluding ortho intramolecular Hbond substituents is 1. The van der Waals surface area contributed by atoms with Crippen molar-refractivity contribution < 1.29 is 5.11 Å². The van der Waals surface area contributed by atoms with Gasteiger partial charge in [-0.3, -0.25) is 0 Å². The number of phenols is 1. The molecule has 2 heterocycles. The summed E-state index contributed by atoms with van der Waals surface area (Å²) in [5, 5.41) is 23.4. The Morgan fingerprint density at radius 3 is 2.71 bits per heavy atom. The van der Waals surface area contributed by atoms with Gasteiger partial charge in [0.2, 0.25) is 5.95 Å². The molecule has 6 nitrogen and oxygen atoms in total. The van der Waals surface area contributed by atoms with Gasteiger partial charge in [0.05, 0.1) is 22.0 Å². The highest BCUT2D eigenvalue weighted by molar-refractivity contribution is 7.18. The van der Waals surface area contributed by atoms with Crippen molar-refractivity contribution in [2.75, 3.05) is 11.9 Å². The fourth-order valence-electron chi connectivity index (χ4n) is 2.91. The average molecular weight is 387 g/mol. The summed E-state index contributed by atoms with van der Waals surface area (Å²) in [6.07, 6.45) is 2.28. The molecule has 138 valence electrons. The van der Waals surface area contributed by atoms with E-state index in [-0.39, 0.29) is 5.75 Å². The lowest BCUT2D eigenvalue weighted by Crippen LogP contribution is -2.10. The first-order chi connectivity index (χ1) is 13.7. The second-order valence-corrected chi connectivity index (χ2v) is 7.25. The molecule has 0 bridgehead atoms. The summed E-state index contributed by atoms with van der Waals surface area (Å²) in [7, 11) is 0. The van der Waals surface area contributed by atoms with Crippen LogP contribution in [-0.4, -0.2) is 26.6 Å². The zero-order valence-corrected chi connectivity index (χ0v) is 15.7. The molecule has 4 aromatic rings. The monoisotopic (exact) mass is 387 g/mol. The number of rotatable bonds is 6. The highest BCUT2D eigenvalue weighted by atomic mass is 32.1. The highest BCUT2D eigenvalue weighted by Crippen LogP contribution is 2.30. The number of aromatic nitrogens is 3. The lowest BCUT2D eigenvalue weighted by molar-refractivity contribution is 0.468. The van der Waals surface area contributed by atoms with Gasteiger partial charge in [-0.25, -0.2) is 15.0 Å². The van der Waals surface area contributed by atoms with Crippen LogP contribution in [0.5, 0.6) is 5.75 Å². The van der Waals surface area contributed by atoms with E-state index in [2.05, 4.69) is 26.3 Å². The molecule has 2 aromatic heterocycles. The van der Waals surface area contributed by atoms with Gasteiger partial charge in [-0.1, -0.05) is 30.3 Å². The van der Waals surface area contributed by atoms with Crippen LogP contribution in [0, 0.1) is 11.3 Å². The number of nitrogens with zero attached hydrogens (tertiary/aromatic N) is 4. The van der Waals surface area contributed by atoms with Crippen molar-refractivity contribution in [2.24, 2.45) is 0 Å². The molecule has 0 radical (unpaired) electrons. The Labute approximate surface area is 166 Å². The van der Waals surface area contributed by atoms with Crippen LogP contribution in [0.1, 0.15) is 22.2 Å². The Morgan fingerprint density at radius 1 is 1.07 bits per heavy atom.